The Labute approximate surface area is 109 Å². The summed E-state index contributed by atoms with van der Waals surface area (Å²) in [6, 6.07) is 0. The molecule has 0 heterocycles. The molecule has 0 aliphatic carbocycles. The van der Waals surface area contributed by atoms with Gasteiger partial charge in [0.2, 0.25) is 0 Å². The maximum absolute atomic E-state index is 6.25. The first-order valence-electron chi connectivity index (χ1n) is 7.64. The second kappa shape index (κ2) is 9.94. The van der Waals surface area contributed by atoms with E-state index in [1.807, 2.05) is 0 Å². The Morgan fingerprint density at radius 1 is 0.647 bits per heavy atom. The van der Waals surface area contributed by atoms with Gasteiger partial charge in [-0.25, -0.2) is 0 Å². The van der Waals surface area contributed by atoms with E-state index < -0.39 is 0 Å². The van der Waals surface area contributed by atoms with Crippen LogP contribution in [-0.2, 0) is 4.74 Å². The maximum Gasteiger partial charge on any atom is 0.0576 e. The number of ether oxygens (including phenoxy) is 1. The lowest BCUT2D eigenvalue weighted by molar-refractivity contribution is -0.0278. The lowest BCUT2D eigenvalue weighted by atomic mass is 10.0. The van der Waals surface area contributed by atoms with Gasteiger partial charge in [0.15, 0.2) is 0 Å². The van der Waals surface area contributed by atoms with Gasteiger partial charge in [-0.1, -0.05) is 41.5 Å². The van der Waals surface area contributed by atoms with Crippen molar-refractivity contribution in [3.8, 4) is 0 Å². The van der Waals surface area contributed by atoms with Gasteiger partial charge in [-0.2, -0.15) is 0 Å². The molecular formula is C16H34O. The molecule has 0 spiro atoms. The average molecular weight is 242 g/mol. The van der Waals surface area contributed by atoms with Crippen LogP contribution in [0, 0.1) is 11.8 Å². The summed E-state index contributed by atoms with van der Waals surface area (Å²) in [4.78, 5) is 0. The molecule has 2 unspecified atom stereocenters. The molecule has 17 heavy (non-hydrogen) atoms. The Morgan fingerprint density at radius 2 is 1.00 bits per heavy atom. The van der Waals surface area contributed by atoms with Crippen LogP contribution < -0.4 is 0 Å². The Bertz CT molecular complexity index is 145. The van der Waals surface area contributed by atoms with E-state index in [1.165, 1.54) is 25.7 Å². The second-order valence-corrected chi connectivity index (χ2v) is 6.14. The summed E-state index contributed by atoms with van der Waals surface area (Å²) in [5, 5.41) is 0. The molecule has 0 aromatic heterocycles. The van der Waals surface area contributed by atoms with E-state index in [2.05, 4.69) is 41.5 Å². The van der Waals surface area contributed by atoms with Gasteiger partial charge in [-0.15, -0.1) is 0 Å². The van der Waals surface area contributed by atoms with Gasteiger partial charge >= 0.3 is 0 Å². The van der Waals surface area contributed by atoms with Crippen molar-refractivity contribution in [2.75, 3.05) is 0 Å². The van der Waals surface area contributed by atoms with Crippen molar-refractivity contribution < 1.29 is 4.74 Å². The summed E-state index contributed by atoms with van der Waals surface area (Å²) in [7, 11) is 0. The summed E-state index contributed by atoms with van der Waals surface area (Å²) < 4.78 is 6.25. The van der Waals surface area contributed by atoms with Gasteiger partial charge in [0.05, 0.1) is 12.2 Å². The van der Waals surface area contributed by atoms with Gasteiger partial charge in [0.25, 0.3) is 0 Å². The lowest BCUT2D eigenvalue weighted by Crippen LogP contribution is -2.22. The van der Waals surface area contributed by atoms with Crippen molar-refractivity contribution in [2.24, 2.45) is 11.8 Å². The zero-order valence-corrected chi connectivity index (χ0v) is 13.0. The van der Waals surface area contributed by atoms with E-state index >= 15 is 0 Å². The molecule has 0 fully saturated rings. The highest BCUT2D eigenvalue weighted by Crippen LogP contribution is 2.19. The monoisotopic (exact) mass is 242 g/mol. The number of hydrogen-bond acceptors (Lipinski definition) is 1. The van der Waals surface area contributed by atoms with Crippen molar-refractivity contribution in [2.45, 2.75) is 92.3 Å². The van der Waals surface area contributed by atoms with Crippen LogP contribution in [-0.4, -0.2) is 12.2 Å². The van der Waals surface area contributed by atoms with E-state index in [0.717, 1.165) is 24.7 Å². The molecule has 2 atom stereocenters. The van der Waals surface area contributed by atoms with Crippen molar-refractivity contribution in [1.29, 1.82) is 0 Å². The van der Waals surface area contributed by atoms with Gasteiger partial charge in [-0.05, 0) is 50.4 Å². The molecule has 0 rings (SSSR count). The summed E-state index contributed by atoms with van der Waals surface area (Å²) in [6.45, 7) is 13.7. The SMILES string of the molecule is CCC(CCC(C)C)OC(CC)CCC(C)C. The molecule has 0 radical (unpaired) electrons. The van der Waals surface area contributed by atoms with Crippen molar-refractivity contribution in [1.82, 2.24) is 0 Å². The topological polar surface area (TPSA) is 9.23 Å². The highest BCUT2D eigenvalue weighted by atomic mass is 16.5. The Balaban J connectivity index is 3.94. The first kappa shape index (κ1) is 17.0. The first-order chi connectivity index (χ1) is 7.99. The standard InChI is InChI=1S/C16H34O/c1-7-15(11-9-13(3)4)17-16(8-2)12-10-14(5)6/h13-16H,7-12H2,1-6H3. The summed E-state index contributed by atoms with van der Waals surface area (Å²) >= 11 is 0. The van der Waals surface area contributed by atoms with Crippen LogP contribution in [0.25, 0.3) is 0 Å². The molecule has 0 saturated heterocycles. The molecule has 0 aromatic carbocycles. The average Bonchev–Trinajstić information content (AvgIpc) is 2.27. The third kappa shape index (κ3) is 9.64. The first-order valence-corrected chi connectivity index (χ1v) is 7.64. The van der Waals surface area contributed by atoms with Crippen LogP contribution in [0.4, 0.5) is 0 Å². The third-order valence-electron chi connectivity index (χ3n) is 3.43. The van der Waals surface area contributed by atoms with E-state index in [0.29, 0.717) is 12.2 Å². The minimum absolute atomic E-state index is 0.481. The molecular weight excluding hydrogens is 208 g/mol. The van der Waals surface area contributed by atoms with Crippen LogP contribution in [0.2, 0.25) is 0 Å². The Morgan fingerprint density at radius 3 is 1.24 bits per heavy atom. The molecule has 1 nitrogen and oxygen atoms in total. The predicted molar refractivity (Wildman–Crippen MR) is 77.4 cm³/mol. The van der Waals surface area contributed by atoms with Crippen LogP contribution in [0.15, 0.2) is 0 Å². The second-order valence-electron chi connectivity index (χ2n) is 6.14. The third-order valence-corrected chi connectivity index (χ3v) is 3.43. The predicted octanol–water partition coefficient (Wildman–Crippen LogP) is 5.43. The summed E-state index contributed by atoms with van der Waals surface area (Å²) in [6.07, 6.45) is 8.32. The molecule has 104 valence electrons. The van der Waals surface area contributed by atoms with Crippen LogP contribution in [0.5, 0.6) is 0 Å². The molecule has 0 amide bonds. The lowest BCUT2D eigenvalue weighted by Gasteiger charge is -2.24. The molecule has 0 N–H and O–H groups in total. The summed E-state index contributed by atoms with van der Waals surface area (Å²) in [5.41, 5.74) is 0. The fraction of sp³-hybridized carbons (Fsp3) is 1.00. The highest BCUT2D eigenvalue weighted by Gasteiger charge is 2.14. The van der Waals surface area contributed by atoms with E-state index in [4.69, 9.17) is 4.74 Å². The van der Waals surface area contributed by atoms with Crippen LogP contribution in [0.1, 0.15) is 80.1 Å². The van der Waals surface area contributed by atoms with Crippen molar-refractivity contribution in [3.63, 3.8) is 0 Å². The normalized spacial score (nSPS) is 15.5. The minimum atomic E-state index is 0.481. The fourth-order valence-corrected chi connectivity index (χ4v) is 2.05. The van der Waals surface area contributed by atoms with Crippen LogP contribution >= 0.6 is 0 Å². The van der Waals surface area contributed by atoms with Crippen molar-refractivity contribution in [3.05, 3.63) is 0 Å². The highest BCUT2D eigenvalue weighted by molar-refractivity contribution is 4.64. The van der Waals surface area contributed by atoms with Gasteiger partial charge < -0.3 is 4.74 Å². The summed E-state index contributed by atoms with van der Waals surface area (Å²) in [5.74, 6) is 1.59. The van der Waals surface area contributed by atoms with E-state index in [9.17, 15) is 0 Å². The molecule has 0 aliphatic heterocycles. The zero-order valence-electron chi connectivity index (χ0n) is 13.0. The van der Waals surface area contributed by atoms with Gasteiger partial charge in [-0.3, -0.25) is 0 Å². The molecule has 0 aromatic rings. The smallest absolute Gasteiger partial charge is 0.0576 e. The minimum Gasteiger partial charge on any atom is -0.375 e. The fourth-order valence-electron chi connectivity index (χ4n) is 2.05. The quantitative estimate of drug-likeness (QED) is 0.496. The van der Waals surface area contributed by atoms with E-state index in [-0.39, 0.29) is 0 Å². The molecule has 1 heteroatoms. The largest absolute Gasteiger partial charge is 0.375 e. The maximum atomic E-state index is 6.25. The zero-order chi connectivity index (χ0) is 13.3. The molecule has 0 saturated carbocycles. The Kier molecular flexibility index (Phi) is 9.91. The molecule has 0 aliphatic rings. The van der Waals surface area contributed by atoms with Crippen molar-refractivity contribution >= 4 is 0 Å². The van der Waals surface area contributed by atoms with Gasteiger partial charge in [0.1, 0.15) is 0 Å². The Hall–Kier alpha value is -0.0400. The molecule has 0 bridgehead atoms. The van der Waals surface area contributed by atoms with Gasteiger partial charge in [0, 0.05) is 0 Å². The van der Waals surface area contributed by atoms with E-state index in [1.54, 1.807) is 0 Å². The number of rotatable bonds is 10. The number of hydrogen-bond donors (Lipinski definition) is 0. The van der Waals surface area contributed by atoms with Crippen LogP contribution in [0.3, 0.4) is 0 Å².